The molecule has 1 aromatic heterocycles. The van der Waals surface area contributed by atoms with E-state index in [0.717, 1.165) is 5.76 Å². The molecule has 22 heavy (non-hydrogen) atoms. The van der Waals surface area contributed by atoms with Crippen LogP contribution in [-0.4, -0.2) is 30.7 Å². The number of nitrogens with one attached hydrogen (secondary N) is 1. The van der Waals surface area contributed by atoms with Crippen molar-refractivity contribution >= 4 is 11.6 Å². The van der Waals surface area contributed by atoms with Crippen LogP contribution in [0.1, 0.15) is 12.7 Å². The number of anilines is 1. The van der Waals surface area contributed by atoms with Gasteiger partial charge in [-0.25, -0.2) is 0 Å². The van der Waals surface area contributed by atoms with Crippen LogP contribution in [0.5, 0.6) is 11.5 Å². The average Bonchev–Trinajstić information content (AvgIpc) is 3.16. The molecule has 0 saturated heterocycles. The van der Waals surface area contributed by atoms with E-state index < -0.39 is 0 Å². The van der Waals surface area contributed by atoms with Crippen molar-refractivity contribution < 1.29 is 18.7 Å². The fourth-order valence-corrected chi connectivity index (χ4v) is 2.21. The van der Waals surface area contributed by atoms with Gasteiger partial charge >= 0.3 is 0 Å². The van der Waals surface area contributed by atoms with Gasteiger partial charge in [0.15, 0.2) is 11.5 Å². The molecule has 0 bridgehead atoms. The monoisotopic (exact) mass is 302 g/mol. The first-order valence-electron chi connectivity index (χ1n) is 7.06. The second kappa shape index (κ2) is 6.11. The van der Waals surface area contributed by atoms with Crippen LogP contribution in [0.15, 0.2) is 41.0 Å². The fourth-order valence-electron chi connectivity index (χ4n) is 2.21. The van der Waals surface area contributed by atoms with Crippen LogP contribution in [0.3, 0.4) is 0 Å². The summed E-state index contributed by atoms with van der Waals surface area (Å²) in [6.45, 7) is 2.64. The number of fused-ring (bicyclic) bond motifs is 1. The first-order chi connectivity index (χ1) is 10.6. The molecule has 0 spiro atoms. The summed E-state index contributed by atoms with van der Waals surface area (Å²) < 4.78 is 15.9. The average molecular weight is 302 g/mol. The molecule has 2 aromatic rings. The molecule has 6 nitrogen and oxygen atoms in total. The second-order valence-corrected chi connectivity index (χ2v) is 5.23. The Hall–Kier alpha value is -2.47. The van der Waals surface area contributed by atoms with Crippen LogP contribution in [-0.2, 0) is 11.3 Å². The molecule has 0 aliphatic carbocycles. The lowest BCUT2D eigenvalue weighted by atomic mass is 10.2. The van der Waals surface area contributed by atoms with Crippen LogP contribution in [0.25, 0.3) is 0 Å². The highest BCUT2D eigenvalue weighted by atomic mass is 16.7. The molecule has 0 fully saturated rings. The van der Waals surface area contributed by atoms with Crippen LogP contribution in [0, 0.1) is 0 Å². The molecule has 0 radical (unpaired) electrons. The van der Waals surface area contributed by atoms with Crippen molar-refractivity contribution in [1.82, 2.24) is 4.90 Å². The minimum atomic E-state index is -0.296. The molecule has 0 saturated carbocycles. The van der Waals surface area contributed by atoms with E-state index >= 15 is 0 Å². The Morgan fingerprint density at radius 3 is 2.91 bits per heavy atom. The lowest BCUT2D eigenvalue weighted by Gasteiger charge is -2.22. The summed E-state index contributed by atoms with van der Waals surface area (Å²) in [6, 6.07) is 8.77. The molecular formula is C16H18N2O4. The molecule has 3 rings (SSSR count). The van der Waals surface area contributed by atoms with E-state index in [1.807, 2.05) is 31.0 Å². The van der Waals surface area contributed by atoms with E-state index in [1.165, 1.54) is 0 Å². The molecule has 1 aliphatic heterocycles. The number of ether oxygens (including phenoxy) is 2. The van der Waals surface area contributed by atoms with E-state index in [2.05, 4.69) is 5.32 Å². The molecule has 1 N–H and O–H groups in total. The third-order valence-electron chi connectivity index (χ3n) is 3.67. The quantitative estimate of drug-likeness (QED) is 0.919. The lowest BCUT2D eigenvalue weighted by Crippen LogP contribution is -2.39. The second-order valence-electron chi connectivity index (χ2n) is 5.23. The summed E-state index contributed by atoms with van der Waals surface area (Å²) in [7, 11) is 1.88. The van der Waals surface area contributed by atoms with Gasteiger partial charge in [-0.05, 0) is 38.2 Å². The zero-order valence-electron chi connectivity index (χ0n) is 12.5. The number of hydrogen-bond donors (Lipinski definition) is 1. The normalized spacial score (nSPS) is 14.1. The Kier molecular flexibility index (Phi) is 4.02. The zero-order valence-corrected chi connectivity index (χ0v) is 12.5. The van der Waals surface area contributed by atoms with Crippen LogP contribution < -0.4 is 14.8 Å². The molecule has 2 heterocycles. The first-order valence-corrected chi connectivity index (χ1v) is 7.06. The van der Waals surface area contributed by atoms with Crippen molar-refractivity contribution in [1.29, 1.82) is 0 Å². The highest BCUT2D eigenvalue weighted by Crippen LogP contribution is 2.34. The van der Waals surface area contributed by atoms with Gasteiger partial charge in [-0.15, -0.1) is 0 Å². The largest absolute Gasteiger partial charge is 0.468 e. The number of amides is 1. The number of carbonyl (C=O) groups is 1. The molecule has 1 amide bonds. The van der Waals surface area contributed by atoms with Crippen LogP contribution in [0.4, 0.5) is 5.69 Å². The van der Waals surface area contributed by atoms with Crippen molar-refractivity contribution in [3.05, 3.63) is 42.4 Å². The lowest BCUT2D eigenvalue weighted by molar-refractivity contribution is -0.120. The van der Waals surface area contributed by atoms with Gasteiger partial charge in [-0.3, -0.25) is 9.69 Å². The van der Waals surface area contributed by atoms with E-state index in [1.54, 1.807) is 24.5 Å². The Balaban J connectivity index is 1.61. The fraction of sp³-hybridized carbons (Fsp3) is 0.312. The summed E-state index contributed by atoms with van der Waals surface area (Å²) in [5.41, 5.74) is 0.687. The van der Waals surface area contributed by atoms with Crippen molar-refractivity contribution in [3.8, 4) is 11.5 Å². The maximum absolute atomic E-state index is 12.3. The van der Waals surface area contributed by atoms with Crippen molar-refractivity contribution in [2.75, 3.05) is 19.2 Å². The smallest absolute Gasteiger partial charge is 0.241 e. The molecule has 1 aromatic carbocycles. The summed E-state index contributed by atoms with van der Waals surface area (Å²) in [5.74, 6) is 2.08. The number of nitrogens with zero attached hydrogens (tertiary/aromatic N) is 1. The standard InChI is InChI=1S/C16H18N2O4/c1-11(18(2)9-13-4-3-7-20-13)16(19)17-12-5-6-14-15(8-12)22-10-21-14/h3-8,11H,9-10H2,1-2H3,(H,17,19)/t11-/m1/s1. The number of rotatable bonds is 5. The van der Waals surface area contributed by atoms with E-state index in [4.69, 9.17) is 13.9 Å². The maximum Gasteiger partial charge on any atom is 0.241 e. The van der Waals surface area contributed by atoms with Gasteiger partial charge in [-0.2, -0.15) is 0 Å². The van der Waals surface area contributed by atoms with Crippen LogP contribution in [0.2, 0.25) is 0 Å². The van der Waals surface area contributed by atoms with Crippen molar-refractivity contribution in [2.24, 2.45) is 0 Å². The number of carbonyl (C=O) groups excluding carboxylic acids is 1. The third kappa shape index (κ3) is 3.07. The zero-order chi connectivity index (χ0) is 15.5. The van der Waals surface area contributed by atoms with Gasteiger partial charge in [0, 0.05) is 11.8 Å². The van der Waals surface area contributed by atoms with E-state index in [-0.39, 0.29) is 18.7 Å². The SMILES string of the molecule is C[C@H](C(=O)Nc1ccc2c(c1)OCO2)N(C)Cc1ccco1. The highest BCUT2D eigenvalue weighted by Gasteiger charge is 2.20. The summed E-state index contributed by atoms with van der Waals surface area (Å²) in [4.78, 5) is 14.2. The number of benzene rings is 1. The molecule has 1 atom stereocenters. The molecular weight excluding hydrogens is 284 g/mol. The van der Waals surface area contributed by atoms with Gasteiger partial charge in [0.25, 0.3) is 0 Å². The topological polar surface area (TPSA) is 63.9 Å². The summed E-state index contributed by atoms with van der Waals surface area (Å²) >= 11 is 0. The van der Waals surface area contributed by atoms with Gasteiger partial charge in [0.1, 0.15) is 5.76 Å². The summed E-state index contributed by atoms with van der Waals surface area (Å²) in [5, 5.41) is 2.89. The highest BCUT2D eigenvalue weighted by molar-refractivity contribution is 5.94. The van der Waals surface area contributed by atoms with Gasteiger partial charge in [0.05, 0.1) is 18.8 Å². The van der Waals surface area contributed by atoms with Gasteiger partial charge < -0.3 is 19.2 Å². The molecule has 6 heteroatoms. The van der Waals surface area contributed by atoms with Gasteiger partial charge in [0.2, 0.25) is 12.7 Å². The molecule has 116 valence electrons. The maximum atomic E-state index is 12.3. The van der Waals surface area contributed by atoms with E-state index in [0.29, 0.717) is 23.7 Å². The Labute approximate surface area is 128 Å². The predicted molar refractivity (Wildman–Crippen MR) is 80.8 cm³/mol. The molecule has 0 unspecified atom stereocenters. The predicted octanol–water partition coefficient (Wildman–Crippen LogP) is 2.47. The number of likely N-dealkylation sites (N-methyl/N-ethyl adjacent to an activating group) is 1. The first kappa shape index (κ1) is 14.5. The van der Waals surface area contributed by atoms with Crippen molar-refractivity contribution in [3.63, 3.8) is 0 Å². The number of furan rings is 1. The Bertz CT molecular complexity index is 654. The Morgan fingerprint density at radius 2 is 2.14 bits per heavy atom. The minimum Gasteiger partial charge on any atom is -0.468 e. The van der Waals surface area contributed by atoms with Crippen molar-refractivity contribution in [2.45, 2.75) is 19.5 Å². The summed E-state index contributed by atoms with van der Waals surface area (Å²) in [6.07, 6.45) is 1.63. The molecule has 1 aliphatic rings. The minimum absolute atomic E-state index is 0.0899. The van der Waals surface area contributed by atoms with Crippen LogP contribution >= 0.6 is 0 Å². The third-order valence-corrected chi connectivity index (χ3v) is 3.67. The van der Waals surface area contributed by atoms with E-state index in [9.17, 15) is 4.79 Å². The number of hydrogen-bond acceptors (Lipinski definition) is 5. The Morgan fingerprint density at radius 1 is 1.32 bits per heavy atom. The van der Waals surface area contributed by atoms with Gasteiger partial charge in [-0.1, -0.05) is 0 Å².